The Kier molecular flexibility index (Phi) is 3.02. The fourth-order valence-electron chi connectivity index (χ4n) is 1.62. The number of thioether (sulfide) groups is 1. The van der Waals surface area contributed by atoms with E-state index in [0.717, 1.165) is 28.3 Å². The fraction of sp³-hybridized carbons (Fsp3) is 0.400. The van der Waals surface area contributed by atoms with Gasteiger partial charge >= 0.3 is 0 Å². The summed E-state index contributed by atoms with van der Waals surface area (Å²) in [5.41, 5.74) is 0. The lowest BCUT2D eigenvalue weighted by molar-refractivity contribution is 0.0697. The quantitative estimate of drug-likeness (QED) is 0.747. The number of rotatable bonds is 1. The Morgan fingerprint density at radius 1 is 1.44 bits per heavy atom. The molecule has 0 aliphatic carbocycles. The monoisotopic (exact) mass is 272 g/mol. The molecular formula is C10H9ClN2OS2. The van der Waals surface area contributed by atoms with Crippen LogP contribution in [0.15, 0.2) is 11.4 Å². The second-order valence-corrected chi connectivity index (χ2v) is 5.85. The molecule has 3 nitrogen and oxygen atoms in total. The maximum absolute atomic E-state index is 6.12. The van der Waals surface area contributed by atoms with E-state index in [-0.39, 0.29) is 6.10 Å². The van der Waals surface area contributed by atoms with Gasteiger partial charge in [0.1, 0.15) is 16.1 Å². The standard InChI is InChI=1S/C10H9ClN2OS2/c11-8-6-1-3-16-10(6)13-9(12-8)7-5-15-4-2-14-7/h1,3,7H,2,4-5H2. The van der Waals surface area contributed by atoms with Crippen molar-refractivity contribution in [2.24, 2.45) is 0 Å². The highest BCUT2D eigenvalue weighted by molar-refractivity contribution is 7.99. The first kappa shape index (κ1) is 10.8. The van der Waals surface area contributed by atoms with Crippen molar-refractivity contribution in [1.82, 2.24) is 9.97 Å². The zero-order chi connectivity index (χ0) is 11.0. The first-order valence-corrected chi connectivity index (χ1v) is 7.36. The van der Waals surface area contributed by atoms with Crippen LogP contribution in [0.25, 0.3) is 10.2 Å². The summed E-state index contributed by atoms with van der Waals surface area (Å²) in [4.78, 5) is 9.76. The number of nitrogens with zero attached hydrogens (tertiary/aromatic N) is 2. The zero-order valence-electron chi connectivity index (χ0n) is 8.35. The maximum Gasteiger partial charge on any atom is 0.161 e. The molecule has 1 aliphatic heterocycles. The number of fused-ring (bicyclic) bond motifs is 1. The van der Waals surface area contributed by atoms with Crippen LogP contribution in [0.1, 0.15) is 11.9 Å². The van der Waals surface area contributed by atoms with E-state index in [0.29, 0.717) is 11.0 Å². The topological polar surface area (TPSA) is 35.0 Å². The Hall–Kier alpha value is -0.360. The summed E-state index contributed by atoms with van der Waals surface area (Å²) < 4.78 is 5.64. The van der Waals surface area contributed by atoms with E-state index in [9.17, 15) is 0 Å². The molecule has 0 spiro atoms. The maximum atomic E-state index is 6.12. The van der Waals surface area contributed by atoms with Gasteiger partial charge in [-0.05, 0) is 11.4 Å². The van der Waals surface area contributed by atoms with Crippen molar-refractivity contribution in [2.45, 2.75) is 6.10 Å². The predicted octanol–water partition coefficient (Wildman–Crippen LogP) is 3.15. The molecule has 1 saturated heterocycles. The largest absolute Gasteiger partial charge is 0.368 e. The number of hydrogen-bond acceptors (Lipinski definition) is 5. The van der Waals surface area contributed by atoms with Gasteiger partial charge < -0.3 is 4.74 Å². The van der Waals surface area contributed by atoms with Gasteiger partial charge in [-0.2, -0.15) is 11.8 Å². The van der Waals surface area contributed by atoms with E-state index < -0.39 is 0 Å². The molecule has 1 atom stereocenters. The van der Waals surface area contributed by atoms with Crippen LogP contribution in [0.5, 0.6) is 0 Å². The summed E-state index contributed by atoms with van der Waals surface area (Å²) in [5, 5.41) is 3.44. The van der Waals surface area contributed by atoms with Gasteiger partial charge in [0.05, 0.1) is 6.61 Å². The number of ether oxygens (including phenoxy) is 1. The van der Waals surface area contributed by atoms with Crippen molar-refractivity contribution < 1.29 is 4.74 Å². The van der Waals surface area contributed by atoms with Gasteiger partial charge in [0.25, 0.3) is 0 Å². The molecule has 3 rings (SSSR count). The van der Waals surface area contributed by atoms with E-state index in [1.54, 1.807) is 11.3 Å². The van der Waals surface area contributed by atoms with Crippen molar-refractivity contribution in [1.29, 1.82) is 0 Å². The molecule has 0 aromatic carbocycles. The normalized spacial score (nSPS) is 21.4. The molecule has 2 aromatic rings. The minimum atomic E-state index is -0.0113. The number of halogens is 1. The lowest BCUT2D eigenvalue weighted by Gasteiger charge is -2.20. The zero-order valence-corrected chi connectivity index (χ0v) is 10.7. The van der Waals surface area contributed by atoms with E-state index in [1.165, 1.54) is 0 Å². The summed E-state index contributed by atoms with van der Waals surface area (Å²) in [6.07, 6.45) is -0.0113. The first-order valence-electron chi connectivity index (χ1n) is 4.94. The SMILES string of the molecule is Clc1nc(C2CSCCO2)nc2sccc12. The molecule has 2 aromatic heterocycles. The van der Waals surface area contributed by atoms with E-state index in [1.807, 2.05) is 23.2 Å². The molecule has 16 heavy (non-hydrogen) atoms. The van der Waals surface area contributed by atoms with Crippen LogP contribution in [-0.2, 0) is 4.74 Å². The lowest BCUT2D eigenvalue weighted by Crippen LogP contribution is -2.18. The average Bonchev–Trinajstić information content (AvgIpc) is 2.79. The van der Waals surface area contributed by atoms with E-state index >= 15 is 0 Å². The minimum Gasteiger partial charge on any atom is -0.368 e. The summed E-state index contributed by atoms with van der Waals surface area (Å²) in [5.74, 6) is 2.67. The molecule has 0 amide bonds. The molecule has 3 heterocycles. The summed E-state index contributed by atoms with van der Waals surface area (Å²) in [6, 6.07) is 1.95. The highest BCUT2D eigenvalue weighted by Gasteiger charge is 2.20. The molecule has 0 N–H and O–H groups in total. The number of aromatic nitrogens is 2. The molecule has 1 aliphatic rings. The Morgan fingerprint density at radius 2 is 2.38 bits per heavy atom. The van der Waals surface area contributed by atoms with Gasteiger partial charge in [-0.3, -0.25) is 0 Å². The highest BCUT2D eigenvalue weighted by Crippen LogP contribution is 2.30. The van der Waals surface area contributed by atoms with Gasteiger partial charge in [0.15, 0.2) is 5.82 Å². The van der Waals surface area contributed by atoms with Crippen LogP contribution in [0.4, 0.5) is 0 Å². The average molecular weight is 273 g/mol. The van der Waals surface area contributed by atoms with Crippen molar-refractivity contribution in [3.63, 3.8) is 0 Å². The molecule has 1 fully saturated rings. The number of hydrogen-bond donors (Lipinski definition) is 0. The predicted molar refractivity (Wildman–Crippen MR) is 68.4 cm³/mol. The fourth-order valence-corrected chi connectivity index (χ4v) is 3.52. The molecular weight excluding hydrogens is 264 g/mol. The minimum absolute atomic E-state index is 0.0113. The van der Waals surface area contributed by atoms with Crippen LogP contribution in [-0.4, -0.2) is 28.1 Å². The van der Waals surface area contributed by atoms with Crippen molar-refractivity contribution in [2.75, 3.05) is 18.1 Å². The molecule has 1 unspecified atom stereocenters. The second kappa shape index (κ2) is 4.49. The molecule has 0 radical (unpaired) electrons. The van der Waals surface area contributed by atoms with Crippen LogP contribution >= 0.6 is 34.7 Å². The third-order valence-corrected chi connectivity index (χ3v) is 4.49. The van der Waals surface area contributed by atoms with E-state index in [2.05, 4.69) is 9.97 Å². The Morgan fingerprint density at radius 3 is 3.19 bits per heavy atom. The van der Waals surface area contributed by atoms with E-state index in [4.69, 9.17) is 16.3 Å². The number of thiophene rings is 1. The summed E-state index contributed by atoms with van der Waals surface area (Å²) in [7, 11) is 0. The molecule has 0 saturated carbocycles. The first-order chi connectivity index (χ1) is 7.84. The van der Waals surface area contributed by atoms with Crippen molar-refractivity contribution in [3.8, 4) is 0 Å². The Bertz CT molecular complexity index is 510. The molecule has 6 heteroatoms. The Balaban J connectivity index is 2.02. The highest BCUT2D eigenvalue weighted by atomic mass is 35.5. The van der Waals surface area contributed by atoms with Gasteiger partial charge in [0, 0.05) is 16.9 Å². The van der Waals surface area contributed by atoms with Crippen LogP contribution in [0.3, 0.4) is 0 Å². The molecule has 84 valence electrons. The van der Waals surface area contributed by atoms with Crippen molar-refractivity contribution >= 4 is 44.9 Å². The van der Waals surface area contributed by atoms with Gasteiger partial charge in [-0.1, -0.05) is 11.6 Å². The third kappa shape index (κ3) is 1.93. The smallest absolute Gasteiger partial charge is 0.161 e. The lowest BCUT2D eigenvalue weighted by atomic mass is 10.3. The Labute approximate surface area is 106 Å². The van der Waals surface area contributed by atoms with Gasteiger partial charge in [0.2, 0.25) is 0 Å². The summed E-state index contributed by atoms with van der Waals surface area (Å²) in [6.45, 7) is 0.763. The van der Waals surface area contributed by atoms with Crippen LogP contribution < -0.4 is 0 Å². The second-order valence-electron chi connectivity index (χ2n) is 3.45. The van der Waals surface area contributed by atoms with Crippen molar-refractivity contribution in [3.05, 3.63) is 22.4 Å². The van der Waals surface area contributed by atoms with Crippen LogP contribution in [0.2, 0.25) is 5.15 Å². The summed E-state index contributed by atoms with van der Waals surface area (Å²) >= 11 is 9.56. The molecule has 0 bridgehead atoms. The van der Waals surface area contributed by atoms with Gasteiger partial charge in [-0.15, -0.1) is 11.3 Å². The third-order valence-electron chi connectivity index (χ3n) is 2.40. The van der Waals surface area contributed by atoms with Crippen LogP contribution in [0, 0.1) is 0 Å². The van der Waals surface area contributed by atoms with Gasteiger partial charge in [-0.25, -0.2) is 9.97 Å².